The number of hydrazone groups is 1. The van der Waals surface area contributed by atoms with Crippen molar-refractivity contribution in [1.82, 2.24) is 9.97 Å². The third-order valence-electron chi connectivity index (χ3n) is 4.19. The fraction of sp³-hybridized carbons (Fsp3) is 0.105. The Balaban J connectivity index is 1.66. The number of sulfone groups is 1. The van der Waals surface area contributed by atoms with Gasteiger partial charge < -0.3 is 4.42 Å². The number of rotatable bonds is 4. The Bertz CT molecular complexity index is 1280. The van der Waals surface area contributed by atoms with Crippen LogP contribution in [0, 0.1) is 0 Å². The van der Waals surface area contributed by atoms with Gasteiger partial charge in [0.05, 0.1) is 10.6 Å². The quantitative estimate of drug-likeness (QED) is 0.429. The highest BCUT2D eigenvalue weighted by molar-refractivity contribution is 7.90. The molecule has 0 fully saturated rings. The van der Waals surface area contributed by atoms with E-state index in [1.807, 2.05) is 31.2 Å². The van der Waals surface area contributed by atoms with Gasteiger partial charge in [-0.25, -0.2) is 18.4 Å². The number of nitrogens with one attached hydrogen (secondary N) is 1. The molecule has 27 heavy (non-hydrogen) atoms. The van der Waals surface area contributed by atoms with Crippen LogP contribution in [0.5, 0.6) is 0 Å². The van der Waals surface area contributed by atoms with Gasteiger partial charge in [-0.05, 0) is 36.8 Å². The van der Waals surface area contributed by atoms with Crippen LogP contribution in [0.4, 0.5) is 5.82 Å². The van der Waals surface area contributed by atoms with E-state index in [0.717, 1.165) is 16.5 Å². The predicted molar refractivity (Wildman–Crippen MR) is 105 cm³/mol. The Kier molecular flexibility index (Phi) is 4.12. The van der Waals surface area contributed by atoms with E-state index in [2.05, 4.69) is 20.5 Å². The Labute approximate surface area is 155 Å². The van der Waals surface area contributed by atoms with Gasteiger partial charge in [0.25, 0.3) is 0 Å². The minimum absolute atomic E-state index is 0.270. The number of fused-ring (bicyclic) bond motifs is 3. The first-order valence-corrected chi connectivity index (χ1v) is 10.1. The Hall–Kier alpha value is -3.26. The molecule has 0 saturated heterocycles. The number of furan rings is 1. The van der Waals surface area contributed by atoms with Gasteiger partial charge in [-0.1, -0.05) is 24.3 Å². The number of benzene rings is 2. The summed E-state index contributed by atoms with van der Waals surface area (Å²) in [5.74, 6) is 0.461. The van der Waals surface area contributed by atoms with E-state index in [0.29, 0.717) is 22.6 Å². The lowest BCUT2D eigenvalue weighted by molar-refractivity contribution is 0.602. The molecule has 2 aromatic carbocycles. The van der Waals surface area contributed by atoms with Gasteiger partial charge in [-0.2, -0.15) is 5.10 Å². The van der Waals surface area contributed by atoms with Crippen LogP contribution in [0.1, 0.15) is 12.5 Å². The van der Waals surface area contributed by atoms with E-state index < -0.39 is 9.84 Å². The average Bonchev–Trinajstić information content (AvgIpc) is 3.05. The SMILES string of the molecule is C/C(=N/Nc1ncnc2c1oc1ccccc12)c1ccc(S(C)(=O)=O)cc1. The predicted octanol–water partition coefficient (Wildman–Crippen LogP) is 3.62. The smallest absolute Gasteiger partial charge is 0.197 e. The van der Waals surface area contributed by atoms with Crippen LogP contribution in [0.15, 0.2) is 69.3 Å². The molecule has 4 aromatic rings. The highest BCUT2D eigenvalue weighted by atomic mass is 32.2. The second kappa shape index (κ2) is 6.48. The number of anilines is 1. The number of hydrogen-bond acceptors (Lipinski definition) is 7. The third kappa shape index (κ3) is 3.26. The molecule has 0 unspecified atom stereocenters. The lowest BCUT2D eigenvalue weighted by atomic mass is 10.1. The summed E-state index contributed by atoms with van der Waals surface area (Å²) in [5.41, 5.74) is 6.37. The fourth-order valence-corrected chi connectivity index (χ4v) is 3.38. The molecule has 0 spiro atoms. The zero-order valence-electron chi connectivity index (χ0n) is 14.7. The first-order valence-electron chi connectivity index (χ1n) is 8.16. The zero-order chi connectivity index (χ0) is 19.0. The fourth-order valence-electron chi connectivity index (χ4n) is 2.75. The average molecular weight is 380 g/mol. The summed E-state index contributed by atoms with van der Waals surface area (Å²) in [7, 11) is -3.22. The third-order valence-corrected chi connectivity index (χ3v) is 5.32. The molecule has 0 aliphatic carbocycles. The molecular weight excluding hydrogens is 364 g/mol. The standard InChI is InChI=1S/C19H16N4O3S/c1-12(13-7-9-14(10-8-13)27(2,24)25)22-23-19-18-17(20-11-21-19)15-5-3-4-6-16(15)26-18/h3-11H,1-2H3,(H,20,21,23)/b22-12-. The topological polar surface area (TPSA) is 97.4 Å². The highest BCUT2D eigenvalue weighted by Crippen LogP contribution is 2.30. The largest absolute Gasteiger partial charge is 0.450 e. The van der Waals surface area contributed by atoms with Gasteiger partial charge in [0.1, 0.15) is 17.4 Å². The molecule has 4 rings (SSSR count). The Morgan fingerprint density at radius 2 is 1.81 bits per heavy atom. The van der Waals surface area contributed by atoms with Gasteiger partial charge >= 0.3 is 0 Å². The summed E-state index contributed by atoms with van der Waals surface area (Å²) in [6.45, 7) is 1.82. The van der Waals surface area contributed by atoms with Crippen molar-refractivity contribution >= 4 is 43.4 Å². The molecule has 8 heteroatoms. The molecule has 1 N–H and O–H groups in total. The highest BCUT2D eigenvalue weighted by Gasteiger charge is 2.12. The van der Waals surface area contributed by atoms with E-state index in [4.69, 9.17) is 4.42 Å². The van der Waals surface area contributed by atoms with E-state index >= 15 is 0 Å². The van der Waals surface area contributed by atoms with Crippen molar-refractivity contribution in [3.05, 3.63) is 60.4 Å². The maximum Gasteiger partial charge on any atom is 0.197 e. The van der Waals surface area contributed by atoms with Crippen molar-refractivity contribution < 1.29 is 12.8 Å². The maximum absolute atomic E-state index is 11.6. The van der Waals surface area contributed by atoms with Crippen molar-refractivity contribution in [2.75, 3.05) is 11.7 Å². The first kappa shape index (κ1) is 17.2. The van der Waals surface area contributed by atoms with Gasteiger partial charge in [0.15, 0.2) is 21.2 Å². The van der Waals surface area contributed by atoms with Crippen LogP contribution >= 0.6 is 0 Å². The molecule has 0 saturated carbocycles. The zero-order valence-corrected chi connectivity index (χ0v) is 15.5. The van der Waals surface area contributed by atoms with Crippen LogP contribution < -0.4 is 5.43 Å². The van der Waals surface area contributed by atoms with Gasteiger partial charge in [-0.3, -0.25) is 5.43 Å². The van der Waals surface area contributed by atoms with Crippen LogP contribution in [0.25, 0.3) is 22.1 Å². The van der Waals surface area contributed by atoms with Crippen LogP contribution in [0.2, 0.25) is 0 Å². The second-order valence-electron chi connectivity index (χ2n) is 6.10. The number of hydrogen-bond donors (Lipinski definition) is 1. The Morgan fingerprint density at radius 3 is 2.56 bits per heavy atom. The lowest BCUT2D eigenvalue weighted by Crippen LogP contribution is -2.02. The maximum atomic E-state index is 11.6. The minimum Gasteiger partial charge on any atom is -0.450 e. The summed E-state index contributed by atoms with van der Waals surface area (Å²) < 4.78 is 29.0. The van der Waals surface area contributed by atoms with Crippen LogP contribution in [0.3, 0.4) is 0 Å². The van der Waals surface area contributed by atoms with Crippen molar-refractivity contribution in [2.45, 2.75) is 11.8 Å². The summed E-state index contributed by atoms with van der Waals surface area (Å²) in [6.07, 6.45) is 2.64. The number of nitrogens with zero attached hydrogens (tertiary/aromatic N) is 3. The van der Waals surface area contributed by atoms with Gasteiger partial charge in [0.2, 0.25) is 0 Å². The Morgan fingerprint density at radius 1 is 1.07 bits per heavy atom. The number of para-hydroxylation sites is 1. The van der Waals surface area contributed by atoms with Crippen molar-refractivity contribution in [2.24, 2.45) is 5.10 Å². The van der Waals surface area contributed by atoms with E-state index in [1.54, 1.807) is 24.3 Å². The van der Waals surface area contributed by atoms with Gasteiger partial charge in [-0.15, -0.1) is 0 Å². The summed E-state index contributed by atoms with van der Waals surface area (Å²) in [5, 5.41) is 5.26. The molecule has 0 bridgehead atoms. The van der Waals surface area contributed by atoms with Crippen molar-refractivity contribution in [3.8, 4) is 0 Å². The molecular formula is C19H16N4O3S. The van der Waals surface area contributed by atoms with Crippen molar-refractivity contribution in [1.29, 1.82) is 0 Å². The molecule has 2 heterocycles. The summed E-state index contributed by atoms with van der Waals surface area (Å²) >= 11 is 0. The summed E-state index contributed by atoms with van der Waals surface area (Å²) in [6, 6.07) is 14.2. The molecule has 136 valence electrons. The normalized spacial score (nSPS) is 12.6. The van der Waals surface area contributed by atoms with Crippen molar-refractivity contribution in [3.63, 3.8) is 0 Å². The molecule has 0 radical (unpaired) electrons. The second-order valence-corrected chi connectivity index (χ2v) is 8.12. The first-order chi connectivity index (χ1) is 12.9. The molecule has 0 aliphatic rings. The molecule has 0 atom stereocenters. The molecule has 0 aliphatic heterocycles. The van der Waals surface area contributed by atoms with E-state index in [-0.39, 0.29) is 4.90 Å². The molecule has 2 aromatic heterocycles. The van der Waals surface area contributed by atoms with E-state index in [9.17, 15) is 8.42 Å². The summed E-state index contributed by atoms with van der Waals surface area (Å²) in [4.78, 5) is 8.78. The van der Waals surface area contributed by atoms with Crippen LogP contribution in [-0.4, -0.2) is 30.4 Å². The minimum atomic E-state index is -3.22. The monoisotopic (exact) mass is 380 g/mol. The van der Waals surface area contributed by atoms with Crippen LogP contribution in [-0.2, 0) is 9.84 Å². The molecule has 7 nitrogen and oxygen atoms in total. The van der Waals surface area contributed by atoms with Gasteiger partial charge in [0, 0.05) is 11.6 Å². The molecule has 0 amide bonds. The van der Waals surface area contributed by atoms with E-state index in [1.165, 1.54) is 12.6 Å². The lowest BCUT2D eigenvalue weighted by Gasteiger charge is -2.04. The number of aromatic nitrogens is 2.